The lowest BCUT2D eigenvalue weighted by Gasteiger charge is -2.18. The first kappa shape index (κ1) is 19.9. The zero-order valence-electron chi connectivity index (χ0n) is 19.4. The molecule has 0 unspecified atom stereocenters. The predicted octanol–water partition coefficient (Wildman–Crippen LogP) is 10.4. The average molecular weight is 477 g/mol. The molecular weight excluding hydrogens is 456 g/mol. The van der Waals surface area contributed by atoms with Gasteiger partial charge in [0.1, 0.15) is 11.2 Å². The van der Waals surface area contributed by atoms with Crippen LogP contribution in [0, 0.1) is 0 Å². The van der Waals surface area contributed by atoms with Crippen molar-refractivity contribution >= 4 is 64.9 Å². The Kier molecular flexibility index (Phi) is 4.16. The summed E-state index contributed by atoms with van der Waals surface area (Å²) in [5.41, 5.74) is 6.80. The molecule has 0 saturated heterocycles. The highest BCUT2D eigenvalue weighted by Crippen LogP contribution is 2.48. The first-order valence-electron chi connectivity index (χ1n) is 12.2. The summed E-state index contributed by atoms with van der Waals surface area (Å²) < 4.78 is 7.92. The van der Waals surface area contributed by atoms with Crippen LogP contribution < -0.4 is 0 Å². The standard InChI is InChI=1S/C34H20OS/c1-2-10-21(11-3-1)30-23-12-4-6-14-25(23)31(26-15-7-5-13-24(26)30)28-20-22-18-19-36-34(22)32-27-16-8-9-17-29(27)35-33(28)32/h1-20H. The van der Waals surface area contributed by atoms with Crippen molar-refractivity contribution in [2.24, 2.45) is 0 Å². The van der Waals surface area contributed by atoms with Crippen LogP contribution in [0.5, 0.6) is 0 Å². The van der Waals surface area contributed by atoms with Crippen molar-refractivity contribution in [3.63, 3.8) is 0 Å². The van der Waals surface area contributed by atoms with E-state index in [0.29, 0.717) is 0 Å². The molecule has 0 N–H and O–H groups in total. The lowest BCUT2D eigenvalue weighted by molar-refractivity contribution is 0.670. The zero-order valence-corrected chi connectivity index (χ0v) is 20.2. The molecule has 8 rings (SSSR count). The van der Waals surface area contributed by atoms with Gasteiger partial charge >= 0.3 is 0 Å². The van der Waals surface area contributed by atoms with E-state index in [-0.39, 0.29) is 0 Å². The molecule has 2 heteroatoms. The highest BCUT2D eigenvalue weighted by Gasteiger charge is 2.22. The van der Waals surface area contributed by atoms with Crippen LogP contribution in [0.2, 0.25) is 0 Å². The van der Waals surface area contributed by atoms with Crippen LogP contribution in [-0.4, -0.2) is 0 Å². The molecule has 8 aromatic rings. The molecule has 36 heavy (non-hydrogen) atoms. The van der Waals surface area contributed by atoms with Crippen molar-refractivity contribution in [3.8, 4) is 22.3 Å². The Morgan fingerprint density at radius 3 is 1.81 bits per heavy atom. The molecule has 0 atom stereocenters. The van der Waals surface area contributed by atoms with Gasteiger partial charge in [0.05, 0.1) is 0 Å². The second-order valence-electron chi connectivity index (χ2n) is 9.27. The minimum atomic E-state index is 0.934. The van der Waals surface area contributed by atoms with Gasteiger partial charge in [-0.25, -0.2) is 0 Å². The van der Waals surface area contributed by atoms with Gasteiger partial charge in [-0.15, -0.1) is 11.3 Å². The molecule has 168 valence electrons. The molecule has 1 nitrogen and oxygen atoms in total. The third kappa shape index (κ3) is 2.71. The topological polar surface area (TPSA) is 13.1 Å². The molecule has 0 fully saturated rings. The largest absolute Gasteiger partial charge is 0.455 e. The molecule has 0 aliphatic heterocycles. The van der Waals surface area contributed by atoms with E-state index in [9.17, 15) is 0 Å². The number of rotatable bonds is 2. The van der Waals surface area contributed by atoms with E-state index >= 15 is 0 Å². The summed E-state index contributed by atoms with van der Waals surface area (Å²) >= 11 is 1.79. The molecule has 0 radical (unpaired) electrons. The van der Waals surface area contributed by atoms with Gasteiger partial charge in [0.2, 0.25) is 0 Å². The fourth-order valence-corrected chi connectivity index (χ4v) is 6.77. The molecular formula is C34H20OS. The maximum Gasteiger partial charge on any atom is 0.144 e. The Balaban J connectivity index is 1.62. The van der Waals surface area contributed by atoms with E-state index in [1.807, 2.05) is 0 Å². The quantitative estimate of drug-likeness (QED) is 0.226. The monoisotopic (exact) mass is 476 g/mol. The van der Waals surface area contributed by atoms with E-state index in [1.165, 1.54) is 59.1 Å². The van der Waals surface area contributed by atoms with Crippen molar-refractivity contribution in [2.45, 2.75) is 0 Å². The van der Waals surface area contributed by atoms with E-state index < -0.39 is 0 Å². The lowest BCUT2D eigenvalue weighted by atomic mass is 9.85. The van der Waals surface area contributed by atoms with Crippen LogP contribution >= 0.6 is 11.3 Å². The summed E-state index contributed by atoms with van der Waals surface area (Å²) in [4.78, 5) is 0. The van der Waals surface area contributed by atoms with Crippen molar-refractivity contribution < 1.29 is 4.42 Å². The van der Waals surface area contributed by atoms with E-state index in [4.69, 9.17) is 4.42 Å². The molecule has 0 bridgehead atoms. The maximum absolute atomic E-state index is 6.63. The van der Waals surface area contributed by atoms with Crippen molar-refractivity contribution in [3.05, 3.63) is 121 Å². The molecule has 6 aromatic carbocycles. The number of fused-ring (bicyclic) bond motifs is 7. The van der Waals surface area contributed by atoms with E-state index in [2.05, 4.69) is 121 Å². The maximum atomic E-state index is 6.63. The molecule has 2 heterocycles. The van der Waals surface area contributed by atoms with Crippen LogP contribution in [0.3, 0.4) is 0 Å². The number of furan rings is 1. The zero-order chi connectivity index (χ0) is 23.6. The summed E-state index contributed by atoms with van der Waals surface area (Å²) in [7, 11) is 0. The number of para-hydroxylation sites is 1. The third-order valence-corrected chi connectivity index (χ3v) is 8.27. The second kappa shape index (κ2) is 7.55. The highest BCUT2D eigenvalue weighted by molar-refractivity contribution is 7.18. The van der Waals surface area contributed by atoms with Gasteiger partial charge < -0.3 is 4.42 Å². The minimum absolute atomic E-state index is 0.934. The Morgan fingerprint density at radius 1 is 0.528 bits per heavy atom. The Hall–Kier alpha value is -4.40. The van der Waals surface area contributed by atoms with Crippen molar-refractivity contribution in [1.82, 2.24) is 0 Å². The van der Waals surface area contributed by atoms with Gasteiger partial charge in [0.25, 0.3) is 0 Å². The fraction of sp³-hybridized carbons (Fsp3) is 0. The van der Waals surface area contributed by atoms with Gasteiger partial charge in [0, 0.05) is 26.6 Å². The smallest absolute Gasteiger partial charge is 0.144 e. The Bertz CT molecular complexity index is 2040. The lowest BCUT2D eigenvalue weighted by Crippen LogP contribution is -1.91. The SMILES string of the molecule is c1ccc(-c2c3ccccc3c(-c3cc4ccsc4c4c3oc3ccccc34)c3ccccc23)cc1. The summed E-state index contributed by atoms with van der Waals surface area (Å²) in [5, 5.41) is 10.8. The minimum Gasteiger partial charge on any atom is -0.455 e. The number of hydrogen-bond acceptors (Lipinski definition) is 2. The summed E-state index contributed by atoms with van der Waals surface area (Å²) in [6.45, 7) is 0. The van der Waals surface area contributed by atoms with E-state index in [1.54, 1.807) is 11.3 Å². The van der Waals surface area contributed by atoms with Crippen molar-refractivity contribution in [1.29, 1.82) is 0 Å². The van der Waals surface area contributed by atoms with Crippen LogP contribution in [0.25, 0.3) is 75.8 Å². The van der Waals surface area contributed by atoms with E-state index in [0.717, 1.165) is 16.7 Å². The molecule has 0 aliphatic rings. The van der Waals surface area contributed by atoms with Gasteiger partial charge in [-0.1, -0.05) is 97.1 Å². The van der Waals surface area contributed by atoms with Crippen LogP contribution in [-0.2, 0) is 0 Å². The van der Waals surface area contributed by atoms with Gasteiger partial charge in [-0.3, -0.25) is 0 Å². The Labute approximate surface area is 211 Å². The third-order valence-electron chi connectivity index (χ3n) is 7.33. The fourth-order valence-electron chi connectivity index (χ4n) is 5.84. The van der Waals surface area contributed by atoms with Crippen LogP contribution in [0.1, 0.15) is 0 Å². The van der Waals surface area contributed by atoms with Gasteiger partial charge in [-0.2, -0.15) is 0 Å². The predicted molar refractivity (Wildman–Crippen MR) is 155 cm³/mol. The normalized spacial score (nSPS) is 11.9. The van der Waals surface area contributed by atoms with Crippen molar-refractivity contribution in [2.75, 3.05) is 0 Å². The first-order valence-corrected chi connectivity index (χ1v) is 13.1. The number of thiophene rings is 1. The second-order valence-corrected chi connectivity index (χ2v) is 10.2. The molecule has 0 saturated carbocycles. The highest BCUT2D eigenvalue weighted by atomic mass is 32.1. The van der Waals surface area contributed by atoms with Crippen LogP contribution in [0.15, 0.2) is 125 Å². The average Bonchev–Trinajstić information content (AvgIpc) is 3.56. The molecule has 2 aromatic heterocycles. The molecule has 0 aliphatic carbocycles. The number of benzene rings is 6. The van der Waals surface area contributed by atoms with Crippen LogP contribution in [0.4, 0.5) is 0 Å². The molecule has 0 spiro atoms. The Morgan fingerprint density at radius 2 is 1.11 bits per heavy atom. The van der Waals surface area contributed by atoms with Gasteiger partial charge in [-0.05, 0) is 61.6 Å². The first-order chi connectivity index (χ1) is 17.9. The summed E-state index contributed by atoms with van der Waals surface area (Å²) in [6, 6.07) is 41.3. The molecule has 0 amide bonds. The number of hydrogen-bond donors (Lipinski definition) is 0. The summed E-state index contributed by atoms with van der Waals surface area (Å²) in [6.07, 6.45) is 0. The van der Waals surface area contributed by atoms with Gasteiger partial charge in [0.15, 0.2) is 0 Å². The summed E-state index contributed by atoms with van der Waals surface area (Å²) in [5.74, 6) is 0.